The first-order valence-electron chi connectivity index (χ1n) is 5.77. The minimum absolute atomic E-state index is 0.0284. The first-order valence-corrected chi connectivity index (χ1v) is 5.77. The third kappa shape index (κ3) is 2.88. The summed E-state index contributed by atoms with van der Waals surface area (Å²) in [7, 11) is 0. The summed E-state index contributed by atoms with van der Waals surface area (Å²) in [5.74, 6) is 0. The molecule has 0 saturated carbocycles. The van der Waals surface area contributed by atoms with Crippen LogP contribution in [0.4, 0.5) is 9.18 Å². The van der Waals surface area contributed by atoms with Crippen molar-refractivity contribution in [2.75, 3.05) is 13.1 Å². The van der Waals surface area contributed by atoms with Crippen molar-refractivity contribution >= 4 is 12.2 Å². The summed E-state index contributed by atoms with van der Waals surface area (Å²) < 4.78 is 19.1. The average Bonchev–Trinajstić information content (AvgIpc) is 2.04. The minimum atomic E-state index is -1.69. The average molecular weight is 258 g/mol. The Hall–Kier alpha value is -1.42. The zero-order chi connectivity index (χ0) is 14.2. The zero-order valence-corrected chi connectivity index (χ0v) is 11.4. The van der Waals surface area contributed by atoms with Crippen LogP contribution in [-0.2, 0) is 9.53 Å². The summed E-state index contributed by atoms with van der Waals surface area (Å²) in [5.41, 5.74) is -3.50. The van der Waals surface area contributed by atoms with Gasteiger partial charge in [-0.15, -0.1) is 0 Å². The van der Waals surface area contributed by atoms with Crippen molar-refractivity contribution in [2.24, 2.45) is 4.99 Å². The predicted octanol–water partition coefficient (Wildman–Crippen LogP) is 2.06. The molecule has 1 rings (SSSR count). The SMILES string of the molecule is CC(C)(C)OC(=O)N1CC(N=C=O)(C(C)(C)F)C1. The van der Waals surface area contributed by atoms with Crippen LogP contribution in [0, 0.1) is 0 Å². The van der Waals surface area contributed by atoms with E-state index in [4.69, 9.17) is 4.74 Å². The standard InChI is InChI=1S/C12H19FN2O3/c1-10(2,3)18-9(17)15-6-12(7-15,14-8-16)11(4,5)13/h6-7H2,1-5H3. The highest BCUT2D eigenvalue weighted by Gasteiger charge is 2.57. The van der Waals surface area contributed by atoms with Crippen LogP contribution in [0.3, 0.4) is 0 Å². The van der Waals surface area contributed by atoms with Gasteiger partial charge in [0, 0.05) is 0 Å². The number of hydrogen-bond acceptors (Lipinski definition) is 4. The van der Waals surface area contributed by atoms with Crippen molar-refractivity contribution in [3.8, 4) is 0 Å². The van der Waals surface area contributed by atoms with Gasteiger partial charge in [-0.25, -0.2) is 14.0 Å². The number of carbonyl (C=O) groups excluding carboxylic acids is 2. The highest BCUT2D eigenvalue weighted by atomic mass is 19.1. The molecule has 1 aliphatic rings. The normalized spacial score (nSPS) is 18.7. The highest BCUT2D eigenvalue weighted by molar-refractivity contribution is 5.70. The number of alkyl halides is 1. The van der Waals surface area contributed by atoms with Crippen LogP contribution in [0.25, 0.3) is 0 Å². The number of rotatable bonds is 2. The van der Waals surface area contributed by atoms with Crippen LogP contribution in [0.15, 0.2) is 4.99 Å². The molecular weight excluding hydrogens is 239 g/mol. The molecule has 1 saturated heterocycles. The predicted molar refractivity (Wildman–Crippen MR) is 63.8 cm³/mol. The van der Waals surface area contributed by atoms with Gasteiger partial charge in [-0.2, -0.15) is 4.99 Å². The third-order valence-corrected chi connectivity index (χ3v) is 2.92. The number of ether oxygens (including phenoxy) is 1. The number of isocyanates is 1. The number of nitrogens with zero attached hydrogens (tertiary/aromatic N) is 2. The van der Waals surface area contributed by atoms with Crippen molar-refractivity contribution in [1.82, 2.24) is 4.90 Å². The number of hydrogen-bond donors (Lipinski definition) is 0. The van der Waals surface area contributed by atoms with Crippen molar-refractivity contribution < 1.29 is 18.7 Å². The molecule has 0 unspecified atom stereocenters. The van der Waals surface area contributed by atoms with Crippen LogP contribution in [0.5, 0.6) is 0 Å². The molecule has 102 valence electrons. The van der Waals surface area contributed by atoms with Gasteiger partial charge < -0.3 is 9.64 Å². The fourth-order valence-corrected chi connectivity index (χ4v) is 1.71. The molecule has 0 bridgehead atoms. The van der Waals surface area contributed by atoms with Crippen molar-refractivity contribution in [2.45, 2.75) is 51.4 Å². The molecule has 1 heterocycles. The summed E-state index contributed by atoms with van der Waals surface area (Å²) in [6, 6.07) is 0. The van der Waals surface area contributed by atoms with Crippen molar-refractivity contribution in [1.29, 1.82) is 0 Å². The summed E-state index contributed by atoms with van der Waals surface area (Å²) >= 11 is 0. The summed E-state index contributed by atoms with van der Waals surface area (Å²) in [5, 5.41) is 0. The van der Waals surface area contributed by atoms with Crippen molar-refractivity contribution in [3.05, 3.63) is 0 Å². The van der Waals surface area contributed by atoms with E-state index in [0.29, 0.717) is 0 Å². The second-order valence-electron chi connectivity index (χ2n) is 6.04. The van der Waals surface area contributed by atoms with Gasteiger partial charge in [0.2, 0.25) is 6.08 Å². The molecule has 0 aromatic rings. The quantitative estimate of drug-likeness (QED) is 0.562. The summed E-state index contributed by atoms with van der Waals surface area (Å²) in [6.45, 7) is 7.98. The van der Waals surface area contributed by atoms with Crippen LogP contribution in [0.2, 0.25) is 0 Å². The van der Waals surface area contributed by atoms with E-state index in [2.05, 4.69) is 4.99 Å². The lowest BCUT2D eigenvalue weighted by atomic mass is 9.78. The number of amides is 1. The van der Waals surface area contributed by atoms with Gasteiger partial charge >= 0.3 is 6.09 Å². The van der Waals surface area contributed by atoms with Gasteiger partial charge in [-0.3, -0.25) is 0 Å². The van der Waals surface area contributed by atoms with Gasteiger partial charge in [0.25, 0.3) is 0 Å². The van der Waals surface area contributed by atoms with Gasteiger partial charge in [0.15, 0.2) is 0 Å². The lowest BCUT2D eigenvalue weighted by Gasteiger charge is -2.50. The molecule has 18 heavy (non-hydrogen) atoms. The Labute approximate surface area is 106 Å². The number of likely N-dealkylation sites (tertiary alicyclic amines) is 1. The molecule has 0 atom stereocenters. The first-order chi connectivity index (χ1) is 8.01. The molecule has 0 spiro atoms. The van der Waals surface area contributed by atoms with Crippen LogP contribution >= 0.6 is 0 Å². The topological polar surface area (TPSA) is 59.0 Å². The smallest absolute Gasteiger partial charge is 0.410 e. The lowest BCUT2D eigenvalue weighted by Crippen LogP contribution is -2.70. The highest BCUT2D eigenvalue weighted by Crippen LogP contribution is 2.38. The molecular formula is C12H19FN2O3. The molecule has 0 radical (unpaired) electrons. The van der Waals surface area contributed by atoms with E-state index in [1.807, 2.05) is 0 Å². The molecule has 1 amide bonds. The molecule has 0 aliphatic carbocycles. The van der Waals surface area contributed by atoms with Gasteiger partial charge in [-0.05, 0) is 34.6 Å². The third-order valence-electron chi connectivity index (χ3n) is 2.92. The molecule has 0 N–H and O–H groups in total. The van der Waals surface area contributed by atoms with E-state index in [1.165, 1.54) is 24.8 Å². The summed E-state index contributed by atoms with van der Waals surface area (Å²) in [6.07, 6.45) is 0.856. The lowest BCUT2D eigenvalue weighted by molar-refractivity contribution is -0.0483. The molecule has 0 aromatic heterocycles. The first kappa shape index (κ1) is 14.6. The maximum Gasteiger partial charge on any atom is 0.410 e. The Morgan fingerprint density at radius 1 is 1.33 bits per heavy atom. The van der Waals surface area contributed by atoms with Crippen LogP contribution in [0.1, 0.15) is 34.6 Å². The summed E-state index contributed by atoms with van der Waals surface area (Å²) in [4.78, 5) is 26.9. The van der Waals surface area contributed by atoms with E-state index in [9.17, 15) is 14.0 Å². The van der Waals surface area contributed by atoms with Crippen LogP contribution < -0.4 is 0 Å². The van der Waals surface area contributed by atoms with Gasteiger partial charge in [0.1, 0.15) is 16.8 Å². The molecule has 1 aliphatic heterocycles. The fraction of sp³-hybridized carbons (Fsp3) is 0.833. The van der Waals surface area contributed by atoms with Gasteiger partial charge in [0.05, 0.1) is 13.1 Å². The second kappa shape index (κ2) is 4.35. The second-order valence-corrected chi connectivity index (χ2v) is 6.04. The Balaban J connectivity index is 2.71. The monoisotopic (exact) mass is 258 g/mol. The Morgan fingerprint density at radius 2 is 1.83 bits per heavy atom. The van der Waals surface area contributed by atoms with Crippen molar-refractivity contribution in [3.63, 3.8) is 0 Å². The van der Waals surface area contributed by atoms with E-state index in [0.717, 1.165) is 0 Å². The van der Waals surface area contributed by atoms with Crippen LogP contribution in [-0.4, -0.2) is 47.0 Å². The zero-order valence-electron chi connectivity index (χ0n) is 11.4. The minimum Gasteiger partial charge on any atom is -0.444 e. The fourth-order valence-electron chi connectivity index (χ4n) is 1.71. The number of aliphatic imine (C=N–C) groups is 1. The number of halogens is 1. The Kier molecular flexibility index (Phi) is 3.54. The Morgan fingerprint density at radius 3 is 2.17 bits per heavy atom. The van der Waals surface area contributed by atoms with E-state index in [-0.39, 0.29) is 13.1 Å². The van der Waals surface area contributed by atoms with E-state index in [1.54, 1.807) is 20.8 Å². The van der Waals surface area contributed by atoms with Gasteiger partial charge in [-0.1, -0.05) is 0 Å². The molecule has 1 fully saturated rings. The molecule has 5 nitrogen and oxygen atoms in total. The van der Waals surface area contributed by atoms with E-state index < -0.39 is 22.9 Å². The van der Waals surface area contributed by atoms with E-state index >= 15 is 0 Å². The Bertz CT molecular complexity index is 383. The maximum absolute atomic E-state index is 14.0. The molecule has 0 aromatic carbocycles. The maximum atomic E-state index is 14.0. The largest absolute Gasteiger partial charge is 0.444 e. The molecule has 6 heteroatoms. The number of carbonyl (C=O) groups is 1.